The van der Waals surface area contributed by atoms with E-state index in [0.717, 1.165) is 12.8 Å². The van der Waals surface area contributed by atoms with E-state index in [-0.39, 0.29) is 35.6 Å². The zero-order valence-corrected chi connectivity index (χ0v) is 31.9. The van der Waals surface area contributed by atoms with Crippen molar-refractivity contribution in [3.05, 3.63) is 135 Å². The van der Waals surface area contributed by atoms with E-state index in [1.807, 2.05) is 0 Å². The molecule has 42 heavy (non-hydrogen) atoms. The minimum atomic E-state index is -2.68. The van der Waals surface area contributed by atoms with Crippen LogP contribution in [0.4, 0.5) is 0 Å². The molecule has 0 N–H and O–H groups in total. The maximum absolute atomic E-state index is 2.70. The third kappa shape index (κ3) is 6.29. The summed E-state index contributed by atoms with van der Waals surface area (Å²) >= 11 is -2.68. The Morgan fingerprint density at radius 1 is 0.643 bits per heavy atom. The zero-order chi connectivity index (χ0) is 28.1. The van der Waals surface area contributed by atoms with Crippen molar-refractivity contribution in [1.29, 1.82) is 0 Å². The molecule has 0 nitrogen and oxygen atoms in total. The number of halogens is 2. The number of hydrogen-bond donors (Lipinski definition) is 0. The Hall–Kier alpha value is -1.97. The van der Waals surface area contributed by atoms with E-state index in [1.165, 1.54) is 22.3 Å². The molecule has 0 aliphatic heterocycles. The summed E-state index contributed by atoms with van der Waals surface area (Å²) in [5.74, 6) is -1.49. The third-order valence-electron chi connectivity index (χ3n) is 8.71. The van der Waals surface area contributed by atoms with Crippen LogP contribution in [0.3, 0.4) is 0 Å². The molecule has 215 valence electrons. The SMILES string of the molecule is CC(C)(C)c1cc2c([c]([Hf+2]([C]3=CC=CC3)[SiH](c3ccccc3)c3ccccc3)c1)Cc1c-2cccc1C(C)(C)C.[Cl-].[Cl-]. The second-order valence-corrected chi connectivity index (χ2v) is 33.9. The average Bonchev–Trinajstić information content (AvgIpc) is 3.59. The molecule has 2 aliphatic rings. The summed E-state index contributed by atoms with van der Waals surface area (Å²) in [5.41, 5.74) is 9.47. The molecule has 2 aliphatic carbocycles. The molecule has 4 aromatic rings. The zero-order valence-electron chi connectivity index (χ0n) is 25.6. The fourth-order valence-electron chi connectivity index (χ4n) is 6.66. The van der Waals surface area contributed by atoms with E-state index in [2.05, 4.69) is 151 Å². The number of benzene rings is 4. The molecule has 0 spiro atoms. The van der Waals surface area contributed by atoms with E-state index in [9.17, 15) is 0 Å². The van der Waals surface area contributed by atoms with Crippen LogP contribution in [0.2, 0.25) is 0 Å². The van der Waals surface area contributed by atoms with Gasteiger partial charge in [-0.2, -0.15) is 0 Å². The van der Waals surface area contributed by atoms with Crippen molar-refractivity contribution < 1.29 is 45.4 Å². The van der Waals surface area contributed by atoms with Crippen molar-refractivity contribution in [3.8, 4) is 11.1 Å². The number of rotatable bonds is 5. The van der Waals surface area contributed by atoms with Gasteiger partial charge in [0, 0.05) is 0 Å². The van der Waals surface area contributed by atoms with Crippen molar-refractivity contribution in [2.24, 2.45) is 0 Å². The predicted molar refractivity (Wildman–Crippen MR) is 173 cm³/mol. The van der Waals surface area contributed by atoms with Gasteiger partial charge in [0.15, 0.2) is 0 Å². The Kier molecular flexibility index (Phi) is 10.1. The number of allylic oxidation sites excluding steroid dienone is 4. The van der Waals surface area contributed by atoms with Crippen LogP contribution in [-0.2, 0) is 37.9 Å². The average molecular weight is 775 g/mol. The first-order chi connectivity index (χ1) is 19.1. The molecule has 0 saturated carbocycles. The van der Waals surface area contributed by atoms with Crippen molar-refractivity contribution >= 4 is 19.7 Å². The molecule has 0 heterocycles. The maximum Gasteiger partial charge on any atom is -1.00 e. The molecular formula is C38H41Cl2HfSi. The minimum absolute atomic E-state index is 0. The monoisotopic (exact) mass is 775 g/mol. The van der Waals surface area contributed by atoms with Crippen LogP contribution in [0, 0.1) is 0 Å². The van der Waals surface area contributed by atoms with Crippen LogP contribution < -0.4 is 38.5 Å². The van der Waals surface area contributed by atoms with E-state index in [4.69, 9.17) is 0 Å². The second-order valence-electron chi connectivity index (χ2n) is 13.6. The Bertz CT molecular complexity index is 1570. The van der Waals surface area contributed by atoms with Gasteiger partial charge in [-0.15, -0.1) is 0 Å². The van der Waals surface area contributed by atoms with Crippen LogP contribution in [0.1, 0.15) is 70.2 Å². The fraction of sp³-hybridized carbons (Fsp3) is 0.263. The first kappa shape index (κ1) is 32.9. The van der Waals surface area contributed by atoms with Gasteiger partial charge in [0.2, 0.25) is 0 Å². The number of hydrogen-bond acceptors (Lipinski definition) is 0. The molecule has 0 fully saturated rings. The van der Waals surface area contributed by atoms with Crippen molar-refractivity contribution in [1.82, 2.24) is 0 Å². The van der Waals surface area contributed by atoms with Gasteiger partial charge in [-0.25, -0.2) is 0 Å². The first-order valence-corrected chi connectivity index (χ1v) is 26.3. The molecule has 6 rings (SSSR count). The van der Waals surface area contributed by atoms with Gasteiger partial charge in [-0.3, -0.25) is 0 Å². The standard InChI is InChI=1S/C21H25.C12H11Si.C5H5.2ClH.Hf/c1-20(2,3)15-11-10-14-12-18-16(17(14)13-15)8-7-9-19(18)21(4,5)6;1-3-7-11(8-4-1)13-12-9-5-2-6-10-12;1-2-4-5-3-1;;;/h7-9,11,13H,12H2,1-6H3;1-10,13H;1-3H,4H2;2*1H;/q;;;;;+2/p-2. The van der Waals surface area contributed by atoms with Crippen LogP contribution in [0.25, 0.3) is 11.1 Å². The van der Waals surface area contributed by atoms with Gasteiger partial charge >= 0.3 is 251 Å². The van der Waals surface area contributed by atoms with E-state index < -0.39 is 26.6 Å². The van der Waals surface area contributed by atoms with Crippen LogP contribution in [-0.4, -0.2) is 5.98 Å². The molecule has 4 heteroatoms. The third-order valence-corrected chi connectivity index (χ3v) is 37.9. The summed E-state index contributed by atoms with van der Waals surface area (Å²) in [4.78, 5) is 0. The van der Waals surface area contributed by atoms with Crippen LogP contribution in [0.5, 0.6) is 0 Å². The molecule has 0 saturated heterocycles. The summed E-state index contributed by atoms with van der Waals surface area (Å²) in [6, 6.07) is 35.6. The predicted octanol–water partition coefficient (Wildman–Crippen LogP) is 1.49. The van der Waals surface area contributed by atoms with Gasteiger partial charge in [-0.05, 0) is 0 Å². The van der Waals surface area contributed by atoms with Crippen LogP contribution in [0.15, 0.2) is 113 Å². The molecule has 0 aromatic heterocycles. The van der Waals surface area contributed by atoms with Gasteiger partial charge < -0.3 is 24.8 Å². The smallest absolute Gasteiger partial charge is 1.00 e. The fourth-order valence-corrected chi connectivity index (χ4v) is 38.7. The van der Waals surface area contributed by atoms with Gasteiger partial charge in [0.05, 0.1) is 0 Å². The summed E-state index contributed by atoms with van der Waals surface area (Å²) in [5, 5.41) is 3.23. The summed E-state index contributed by atoms with van der Waals surface area (Å²) in [6.07, 6.45) is 9.48. The molecular weight excluding hydrogens is 734 g/mol. The Morgan fingerprint density at radius 2 is 1.26 bits per heavy atom. The molecule has 0 atom stereocenters. The van der Waals surface area contributed by atoms with Crippen LogP contribution >= 0.6 is 0 Å². The molecule has 0 bridgehead atoms. The van der Waals surface area contributed by atoms with E-state index >= 15 is 0 Å². The minimum Gasteiger partial charge on any atom is -1.00 e. The Labute approximate surface area is 274 Å². The van der Waals surface area contributed by atoms with Gasteiger partial charge in [0.25, 0.3) is 0 Å². The summed E-state index contributed by atoms with van der Waals surface area (Å²) < 4.78 is 3.57. The number of fused-ring (bicyclic) bond motifs is 3. The van der Waals surface area contributed by atoms with Gasteiger partial charge in [-0.1, -0.05) is 0 Å². The summed E-state index contributed by atoms with van der Waals surface area (Å²) in [7, 11) is 0. The maximum atomic E-state index is 2.70. The molecule has 4 aromatic carbocycles. The topological polar surface area (TPSA) is 0 Å². The quantitative estimate of drug-likeness (QED) is 0.238. The van der Waals surface area contributed by atoms with Crippen molar-refractivity contribution in [2.45, 2.75) is 65.2 Å². The molecule has 0 unspecified atom stereocenters. The normalized spacial score (nSPS) is 13.6. The van der Waals surface area contributed by atoms with Gasteiger partial charge in [0.1, 0.15) is 0 Å². The Balaban J connectivity index is 0.00000202. The summed E-state index contributed by atoms with van der Waals surface area (Å²) in [6.45, 7) is 14.3. The second kappa shape index (κ2) is 12.9. The van der Waals surface area contributed by atoms with E-state index in [1.54, 1.807) is 28.2 Å². The largest absolute Gasteiger partial charge is 1.00 e. The Morgan fingerprint density at radius 3 is 1.79 bits per heavy atom. The van der Waals surface area contributed by atoms with E-state index in [0.29, 0.717) is 0 Å². The first-order valence-electron chi connectivity index (χ1n) is 14.8. The molecule has 0 radical (unpaired) electrons. The molecule has 0 amide bonds. The van der Waals surface area contributed by atoms with Crippen molar-refractivity contribution in [3.63, 3.8) is 0 Å². The van der Waals surface area contributed by atoms with Crippen molar-refractivity contribution in [2.75, 3.05) is 0 Å².